The van der Waals surface area contributed by atoms with E-state index >= 15 is 0 Å². The van der Waals surface area contributed by atoms with Crippen LogP contribution in [0.3, 0.4) is 0 Å². The highest BCUT2D eigenvalue weighted by Gasteiger charge is 2.53. The minimum Gasteiger partial charge on any atom is -0.460 e. The lowest BCUT2D eigenvalue weighted by Crippen LogP contribution is -2.40. The number of imide groups is 6. The van der Waals surface area contributed by atoms with Crippen LogP contribution >= 0.6 is 0 Å². The van der Waals surface area contributed by atoms with E-state index < -0.39 is 108 Å². The number of nitrogens with one attached hydrogen (secondary N) is 2. The van der Waals surface area contributed by atoms with Crippen LogP contribution in [0.25, 0.3) is 87.2 Å². The van der Waals surface area contributed by atoms with Crippen LogP contribution in [0, 0.1) is 0 Å². The normalized spacial score (nSPS) is 22.0. The lowest BCUT2D eigenvalue weighted by atomic mass is 9.96. The lowest BCUT2D eigenvalue weighted by Gasteiger charge is -2.27. The van der Waals surface area contributed by atoms with Gasteiger partial charge in [0.2, 0.25) is 11.8 Å². The Balaban J connectivity index is 0.000000158. The molecule has 6 aromatic carbocycles. The standard InChI is InChI=1S/C33H27N3O9.C29H23N3O7/c1-14(37)35-32(41)26-24-18-9-5-7-11-20(18)34-28(24)29-25(27(26)33(35)42)19-10-6-8-12-21(19)36(29)22-13-23(43-15(2)38)31(45-17(4)40)30(22)44-16(3)39;1-12(33)31-28(37)22-20-14-7-3-5-9-16(14)30-24(20)25-21(23(22)29(31)38)15-8-4-6-10-17(15)32(25)18-11-19(39-13(2)34)27(36)26(18)35/h5-12,22-23,30-31,34H,13H2,1-4H3;3-10,18-19,26-27,30,35-36H,11H2,1-2H3/t22?,23-,30-,31+;18?,19-,26-,27+/m00/s1. The van der Waals surface area contributed by atoms with Crippen LogP contribution in [-0.4, -0.2) is 135 Å². The first-order chi connectivity index (χ1) is 40.2. The van der Waals surface area contributed by atoms with Crippen molar-refractivity contribution in [2.75, 3.05) is 0 Å². The summed E-state index contributed by atoms with van der Waals surface area (Å²) in [7, 11) is 0. The molecule has 10 aromatic rings. The van der Waals surface area contributed by atoms with Crippen molar-refractivity contribution in [1.29, 1.82) is 0 Å². The number of nitrogens with zero attached hydrogens (tertiary/aromatic N) is 4. The van der Waals surface area contributed by atoms with Gasteiger partial charge >= 0.3 is 23.9 Å². The predicted molar refractivity (Wildman–Crippen MR) is 302 cm³/mol. The highest BCUT2D eigenvalue weighted by molar-refractivity contribution is 6.43. The van der Waals surface area contributed by atoms with Gasteiger partial charge < -0.3 is 48.3 Å². The van der Waals surface area contributed by atoms with Crippen molar-refractivity contribution in [3.63, 3.8) is 0 Å². The number of amides is 6. The molecule has 14 rings (SSSR count). The number of aromatic amines is 2. The molecule has 2 aliphatic heterocycles. The number of aromatic nitrogens is 4. The maximum Gasteiger partial charge on any atom is 0.303 e. The van der Waals surface area contributed by atoms with Gasteiger partial charge in [0.25, 0.3) is 23.6 Å². The van der Waals surface area contributed by atoms with E-state index in [4.69, 9.17) is 18.9 Å². The number of carbonyl (C=O) groups excluding carboxylic acids is 10. The average molecular weight is 1140 g/mol. The molecule has 22 nitrogen and oxygen atoms in total. The second kappa shape index (κ2) is 19.3. The van der Waals surface area contributed by atoms with Gasteiger partial charge in [0.15, 0.2) is 12.2 Å². The molecule has 8 atom stereocenters. The Morgan fingerprint density at radius 3 is 1.21 bits per heavy atom. The van der Waals surface area contributed by atoms with Gasteiger partial charge in [-0.3, -0.25) is 47.9 Å². The van der Waals surface area contributed by atoms with Crippen LogP contribution in [0.15, 0.2) is 97.1 Å². The number of carbonyl (C=O) groups is 10. The van der Waals surface area contributed by atoms with Crippen LogP contribution in [0.5, 0.6) is 0 Å². The van der Waals surface area contributed by atoms with Crippen molar-refractivity contribution in [2.24, 2.45) is 0 Å². The van der Waals surface area contributed by atoms with E-state index in [0.717, 1.165) is 5.52 Å². The van der Waals surface area contributed by atoms with Crippen LogP contribution < -0.4 is 0 Å². The van der Waals surface area contributed by atoms with Crippen molar-refractivity contribution < 1.29 is 77.1 Å². The summed E-state index contributed by atoms with van der Waals surface area (Å²) in [5.41, 5.74) is 5.34. The van der Waals surface area contributed by atoms with Crippen molar-refractivity contribution >= 4 is 147 Å². The van der Waals surface area contributed by atoms with Gasteiger partial charge in [-0.05, 0) is 24.3 Å². The first-order valence-corrected chi connectivity index (χ1v) is 27.0. The fraction of sp³-hybridized carbons (Fsp3) is 0.258. The Labute approximate surface area is 473 Å². The van der Waals surface area contributed by atoms with Crippen LogP contribution in [0.1, 0.15) is 108 Å². The van der Waals surface area contributed by atoms with Crippen LogP contribution in [-0.2, 0) is 47.7 Å². The quantitative estimate of drug-likeness (QED) is 0.0712. The Bertz CT molecular complexity index is 4700. The molecule has 0 bridgehead atoms. The average Bonchev–Trinajstić information content (AvgIpc) is 1.54. The molecule has 2 aliphatic carbocycles. The molecule has 22 heteroatoms. The molecule has 4 aliphatic rings. The number of ether oxygens (including phenoxy) is 4. The van der Waals surface area contributed by atoms with E-state index in [1.165, 1.54) is 41.5 Å². The molecule has 424 valence electrons. The third kappa shape index (κ3) is 7.62. The third-order valence-electron chi connectivity index (χ3n) is 16.5. The summed E-state index contributed by atoms with van der Waals surface area (Å²) in [4.78, 5) is 137. The van der Waals surface area contributed by atoms with Gasteiger partial charge in [0, 0.05) is 120 Å². The van der Waals surface area contributed by atoms with Crippen LogP contribution in [0.4, 0.5) is 0 Å². The largest absolute Gasteiger partial charge is 0.460 e. The fourth-order valence-corrected chi connectivity index (χ4v) is 13.7. The van der Waals surface area contributed by atoms with Crippen LogP contribution in [0.2, 0.25) is 0 Å². The fourth-order valence-electron chi connectivity index (χ4n) is 13.7. The number of aliphatic hydroxyl groups excluding tert-OH is 2. The van der Waals surface area contributed by atoms with E-state index in [0.29, 0.717) is 91.5 Å². The van der Waals surface area contributed by atoms with Gasteiger partial charge in [0.1, 0.15) is 24.4 Å². The zero-order valence-corrected chi connectivity index (χ0v) is 45.7. The van der Waals surface area contributed by atoms with Crippen molar-refractivity contribution in [1.82, 2.24) is 28.9 Å². The van der Waals surface area contributed by atoms with Crippen molar-refractivity contribution in [3.8, 4) is 0 Å². The predicted octanol–water partition coefficient (Wildman–Crippen LogP) is 7.48. The molecule has 2 unspecified atom stereocenters. The molecule has 2 saturated carbocycles. The SMILES string of the molecule is CC(=O)O[C@@H]1[C@@H](OC(C)=O)CC(n2c3ccccc3c3c4c(c5c6ccccc6[nH]c5c32)C(=O)N(C(C)=O)C4=O)[C@@H]1OC(C)=O.CC(=O)O[C@H]1CC(n2c3ccccc3c3c4c(c5c6ccccc6[nH]c5c32)C(=O)N(C(C)=O)C4=O)[C@H](O)[C@@H]1O. The van der Waals surface area contributed by atoms with Gasteiger partial charge in [-0.1, -0.05) is 72.8 Å². The molecule has 6 amide bonds. The molecular formula is C62H50N6O16. The molecular weight excluding hydrogens is 1080 g/mol. The summed E-state index contributed by atoms with van der Waals surface area (Å²) in [6.07, 6.45) is -6.49. The Kier molecular flexibility index (Phi) is 12.2. The molecule has 4 N–H and O–H groups in total. The molecule has 0 radical (unpaired) electrons. The minimum absolute atomic E-state index is 0.0903. The zero-order chi connectivity index (χ0) is 59.2. The Morgan fingerprint density at radius 2 is 0.786 bits per heavy atom. The molecule has 4 aromatic heterocycles. The topological polar surface area (TPSA) is 296 Å². The summed E-state index contributed by atoms with van der Waals surface area (Å²) in [6.45, 7) is 7.27. The number of hydrogen-bond donors (Lipinski definition) is 4. The summed E-state index contributed by atoms with van der Waals surface area (Å²) in [6, 6.07) is 27.7. The van der Waals surface area contributed by atoms with Gasteiger partial charge in [-0.15, -0.1) is 0 Å². The van der Waals surface area contributed by atoms with Gasteiger partial charge in [0.05, 0.1) is 56.4 Å². The highest BCUT2D eigenvalue weighted by Crippen LogP contribution is 2.51. The second-order valence-electron chi connectivity index (χ2n) is 21.5. The Hall–Kier alpha value is -10.1. The maximum atomic E-state index is 14.0. The first-order valence-electron chi connectivity index (χ1n) is 27.0. The molecule has 6 heterocycles. The number of fused-ring (bicyclic) bond motifs is 20. The maximum absolute atomic E-state index is 14.0. The smallest absolute Gasteiger partial charge is 0.303 e. The third-order valence-corrected chi connectivity index (χ3v) is 16.5. The molecule has 0 spiro atoms. The second-order valence-corrected chi connectivity index (χ2v) is 21.5. The zero-order valence-electron chi connectivity index (χ0n) is 45.7. The number of aliphatic hydroxyl groups is 2. The first kappa shape index (κ1) is 53.3. The molecule has 0 saturated heterocycles. The summed E-state index contributed by atoms with van der Waals surface area (Å²) in [5.74, 6) is -6.67. The lowest BCUT2D eigenvalue weighted by molar-refractivity contribution is -0.175. The van der Waals surface area contributed by atoms with E-state index in [2.05, 4.69) is 9.97 Å². The van der Waals surface area contributed by atoms with Gasteiger partial charge in [-0.25, -0.2) is 9.80 Å². The highest BCUT2D eigenvalue weighted by atomic mass is 16.6. The molecule has 2 fully saturated rings. The number of hydrogen-bond acceptors (Lipinski definition) is 16. The number of benzene rings is 6. The van der Waals surface area contributed by atoms with E-state index in [1.54, 1.807) is 24.3 Å². The van der Waals surface area contributed by atoms with Gasteiger partial charge in [-0.2, -0.15) is 0 Å². The van der Waals surface area contributed by atoms with E-state index in [9.17, 15) is 58.2 Å². The molecule has 84 heavy (non-hydrogen) atoms. The number of H-pyrrole nitrogens is 2. The van der Waals surface area contributed by atoms with E-state index in [1.807, 2.05) is 81.9 Å². The summed E-state index contributed by atoms with van der Waals surface area (Å²) >= 11 is 0. The summed E-state index contributed by atoms with van der Waals surface area (Å²) < 4.78 is 26.1. The Morgan fingerprint density at radius 1 is 0.429 bits per heavy atom. The number of rotatable bonds is 6. The number of para-hydroxylation sites is 4. The van der Waals surface area contributed by atoms with Crippen molar-refractivity contribution in [2.45, 2.75) is 103 Å². The minimum atomic E-state index is -1.32. The number of esters is 4. The monoisotopic (exact) mass is 1130 g/mol. The summed E-state index contributed by atoms with van der Waals surface area (Å²) in [5, 5.41) is 26.5. The van der Waals surface area contributed by atoms with E-state index in [-0.39, 0.29) is 35.1 Å². The van der Waals surface area contributed by atoms with Crippen molar-refractivity contribution in [3.05, 3.63) is 119 Å².